The predicted molar refractivity (Wildman–Crippen MR) is 80.8 cm³/mol. The Labute approximate surface area is 122 Å². The molecule has 4 nitrogen and oxygen atoms in total. The SMILES string of the molecule is CC(C)CNCc1ccnc(N2CCS(=O)CC2)c1F. The zero-order valence-electron chi connectivity index (χ0n) is 12.1. The minimum atomic E-state index is -0.761. The number of hydrogen-bond acceptors (Lipinski definition) is 4. The monoisotopic (exact) mass is 299 g/mol. The molecule has 1 aliphatic heterocycles. The maximum absolute atomic E-state index is 14.5. The second-order valence-corrected chi connectivity index (χ2v) is 7.16. The molecule has 0 aromatic carbocycles. The number of pyridine rings is 1. The lowest BCUT2D eigenvalue weighted by Gasteiger charge is -2.28. The highest BCUT2D eigenvalue weighted by atomic mass is 32.2. The molecule has 0 saturated carbocycles. The highest BCUT2D eigenvalue weighted by Crippen LogP contribution is 2.20. The summed E-state index contributed by atoms with van der Waals surface area (Å²) in [6.45, 7) is 6.84. The van der Waals surface area contributed by atoms with Crippen LogP contribution in [-0.2, 0) is 17.3 Å². The lowest BCUT2D eigenvalue weighted by Crippen LogP contribution is -2.39. The minimum absolute atomic E-state index is 0.253. The molecule has 0 atom stereocenters. The van der Waals surface area contributed by atoms with Crippen LogP contribution in [0.25, 0.3) is 0 Å². The van der Waals surface area contributed by atoms with Crippen molar-refractivity contribution in [2.45, 2.75) is 20.4 Å². The van der Waals surface area contributed by atoms with Crippen LogP contribution >= 0.6 is 0 Å². The quantitative estimate of drug-likeness (QED) is 0.896. The Hall–Kier alpha value is -1.01. The second kappa shape index (κ2) is 7.13. The largest absolute Gasteiger partial charge is 0.352 e. The van der Waals surface area contributed by atoms with Crippen LogP contribution in [0.5, 0.6) is 0 Å². The highest BCUT2D eigenvalue weighted by Gasteiger charge is 2.20. The van der Waals surface area contributed by atoms with Gasteiger partial charge in [-0.25, -0.2) is 9.37 Å². The molecule has 2 heterocycles. The third-order valence-corrected chi connectivity index (χ3v) is 4.57. The zero-order chi connectivity index (χ0) is 14.5. The van der Waals surface area contributed by atoms with Crippen LogP contribution in [0.1, 0.15) is 19.4 Å². The third-order valence-electron chi connectivity index (χ3n) is 3.30. The molecule has 1 aliphatic rings. The summed E-state index contributed by atoms with van der Waals surface area (Å²) in [4.78, 5) is 6.05. The topological polar surface area (TPSA) is 45.2 Å². The van der Waals surface area contributed by atoms with Crippen LogP contribution in [0.3, 0.4) is 0 Å². The van der Waals surface area contributed by atoms with E-state index < -0.39 is 10.8 Å². The first-order valence-corrected chi connectivity index (χ1v) is 8.50. The molecule has 0 unspecified atom stereocenters. The summed E-state index contributed by atoms with van der Waals surface area (Å²) in [5, 5.41) is 3.24. The molecule has 0 bridgehead atoms. The molecule has 1 saturated heterocycles. The zero-order valence-corrected chi connectivity index (χ0v) is 12.9. The molecule has 1 fully saturated rings. The van der Waals surface area contributed by atoms with Gasteiger partial charge in [0.25, 0.3) is 0 Å². The van der Waals surface area contributed by atoms with Crippen LogP contribution in [-0.4, -0.2) is 40.3 Å². The van der Waals surface area contributed by atoms with E-state index in [4.69, 9.17) is 0 Å². The summed E-state index contributed by atoms with van der Waals surface area (Å²) < 4.78 is 25.8. The number of hydrogen-bond donors (Lipinski definition) is 1. The van der Waals surface area contributed by atoms with Gasteiger partial charge in [0.1, 0.15) is 0 Å². The molecule has 0 aliphatic carbocycles. The van der Waals surface area contributed by atoms with Gasteiger partial charge in [-0.3, -0.25) is 4.21 Å². The molecule has 1 aromatic heterocycles. The van der Waals surface area contributed by atoms with Crippen molar-refractivity contribution in [3.63, 3.8) is 0 Å². The van der Waals surface area contributed by atoms with E-state index in [9.17, 15) is 8.60 Å². The van der Waals surface area contributed by atoms with E-state index in [-0.39, 0.29) is 5.82 Å². The van der Waals surface area contributed by atoms with E-state index in [2.05, 4.69) is 24.1 Å². The van der Waals surface area contributed by atoms with Gasteiger partial charge in [-0.1, -0.05) is 13.8 Å². The molecule has 0 amide bonds. The number of aromatic nitrogens is 1. The summed E-state index contributed by atoms with van der Waals surface area (Å²) in [6, 6.07) is 1.72. The highest BCUT2D eigenvalue weighted by molar-refractivity contribution is 7.85. The Morgan fingerprint density at radius 2 is 2.15 bits per heavy atom. The lowest BCUT2D eigenvalue weighted by molar-refractivity contribution is 0.532. The van der Waals surface area contributed by atoms with Gasteiger partial charge in [-0.05, 0) is 18.5 Å². The third kappa shape index (κ3) is 3.99. The smallest absolute Gasteiger partial charge is 0.170 e. The molecule has 6 heteroatoms. The fourth-order valence-corrected chi connectivity index (χ4v) is 3.23. The number of nitrogens with one attached hydrogen (secondary N) is 1. The fraction of sp³-hybridized carbons (Fsp3) is 0.643. The van der Waals surface area contributed by atoms with Crippen LogP contribution in [0.4, 0.5) is 10.2 Å². The van der Waals surface area contributed by atoms with Crippen molar-refractivity contribution >= 4 is 16.6 Å². The normalized spacial score (nSPS) is 16.9. The van der Waals surface area contributed by atoms with Gasteiger partial charge < -0.3 is 10.2 Å². The van der Waals surface area contributed by atoms with Gasteiger partial charge in [0.05, 0.1) is 0 Å². The molecule has 2 rings (SSSR count). The van der Waals surface area contributed by atoms with Crippen molar-refractivity contribution in [2.75, 3.05) is 36.0 Å². The summed E-state index contributed by atoms with van der Waals surface area (Å²) in [5.41, 5.74) is 0.641. The van der Waals surface area contributed by atoms with Crippen molar-refractivity contribution in [3.8, 4) is 0 Å². The molecular formula is C14H22FN3OS. The molecule has 0 spiro atoms. The average molecular weight is 299 g/mol. The number of anilines is 1. The first-order chi connectivity index (χ1) is 9.58. The van der Waals surface area contributed by atoms with Gasteiger partial charge >= 0.3 is 0 Å². The van der Waals surface area contributed by atoms with E-state index >= 15 is 0 Å². The first-order valence-electron chi connectivity index (χ1n) is 7.02. The Balaban J connectivity index is 2.05. The molecule has 1 aromatic rings. The number of nitrogens with zero attached hydrogens (tertiary/aromatic N) is 2. The van der Waals surface area contributed by atoms with E-state index in [1.54, 1.807) is 12.3 Å². The molecule has 0 radical (unpaired) electrons. The van der Waals surface area contributed by atoms with Crippen LogP contribution in [0.2, 0.25) is 0 Å². The van der Waals surface area contributed by atoms with Gasteiger partial charge in [-0.15, -0.1) is 0 Å². The minimum Gasteiger partial charge on any atom is -0.352 e. The van der Waals surface area contributed by atoms with Crippen LogP contribution < -0.4 is 10.2 Å². The van der Waals surface area contributed by atoms with E-state index in [0.717, 1.165) is 6.54 Å². The summed E-state index contributed by atoms with van der Waals surface area (Å²) in [6.07, 6.45) is 1.65. The Morgan fingerprint density at radius 3 is 2.80 bits per heavy atom. The van der Waals surface area contributed by atoms with Crippen molar-refractivity contribution < 1.29 is 8.60 Å². The maximum atomic E-state index is 14.5. The molecular weight excluding hydrogens is 277 g/mol. The van der Waals surface area contributed by atoms with Crippen molar-refractivity contribution in [1.82, 2.24) is 10.3 Å². The van der Waals surface area contributed by atoms with Crippen LogP contribution in [0.15, 0.2) is 12.3 Å². The lowest BCUT2D eigenvalue weighted by atomic mass is 10.2. The molecule has 112 valence electrons. The standard InChI is InChI=1S/C14H22FN3OS/c1-11(2)9-16-10-12-3-4-17-14(13(12)15)18-5-7-20(19)8-6-18/h3-4,11,16H,5-10H2,1-2H3. The molecule has 1 N–H and O–H groups in total. The van der Waals surface area contributed by atoms with Crippen LogP contribution in [0, 0.1) is 11.7 Å². The van der Waals surface area contributed by atoms with Gasteiger partial charge in [0.15, 0.2) is 11.6 Å². The first kappa shape index (κ1) is 15.4. The number of halogens is 1. The van der Waals surface area contributed by atoms with E-state index in [1.807, 2.05) is 4.90 Å². The number of rotatable bonds is 5. The van der Waals surface area contributed by atoms with Crippen molar-refractivity contribution in [2.24, 2.45) is 5.92 Å². The summed E-state index contributed by atoms with van der Waals surface area (Å²) in [5.74, 6) is 1.87. The Bertz CT molecular complexity index is 471. The Morgan fingerprint density at radius 1 is 1.45 bits per heavy atom. The summed E-state index contributed by atoms with van der Waals surface area (Å²) in [7, 11) is -0.761. The van der Waals surface area contributed by atoms with E-state index in [1.165, 1.54) is 0 Å². The van der Waals surface area contributed by atoms with Gasteiger partial charge in [0, 0.05) is 53.7 Å². The molecule has 20 heavy (non-hydrogen) atoms. The van der Waals surface area contributed by atoms with Crippen molar-refractivity contribution in [3.05, 3.63) is 23.6 Å². The van der Waals surface area contributed by atoms with E-state index in [0.29, 0.717) is 48.4 Å². The fourth-order valence-electron chi connectivity index (χ4n) is 2.17. The van der Waals surface area contributed by atoms with Crippen molar-refractivity contribution in [1.29, 1.82) is 0 Å². The average Bonchev–Trinajstić information content (AvgIpc) is 2.41. The summed E-state index contributed by atoms with van der Waals surface area (Å²) >= 11 is 0. The Kier molecular flexibility index (Phi) is 5.48. The second-order valence-electron chi connectivity index (χ2n) is 5.47. The maximum Gasteiger partial charge on any atom is 0.170 e. The van der Waals surface area contributed by atoms with Gasteiger partial charge in [-0.2, -0.15) is 0 Å². The predicted octanol–water partition coefficient (Wildman–Crippen LogP) is 1.53. The van der Waals surface area contributed by atoms with Gasteiger partial charge in [0.2, 0.25) is 0 Å².